The molecule has 0 aliphatic rings. The number of benzene rings is 1. The van der Waals surface area contributed by atoms with E-state index in [-0.39, 0.29) is 0 Å². The molecule has 0 amide bonds. The summed E-state index contributed by atoms with van der Waals surface area (Å²) in [4.78, 5) is 0. The Morgan fingerprint density at radius 1 is 1.31 bits per heavy atom. The predicted molar refractivity (Wildman–Crippen MR) is 65.1 cm³/mol. The zero-order valence-electron chi connectivity index (χ0n) is 9.16. The molecular weight excluding hydrogens is 198 g/mol. The lowest BCUT2D eigenvalue weighted by molar-refractivity contribution is 0.490. The maximum atomic E-state index is 5.46. The molecule has 2 nitrogen and oxygen atoms in total. The van der Waals surface area contributed by atoms with Crippen LogP contribution in [0, 0.1) is 19.3 Å². The molecule has 1 aromatic carbocycles. The SMILES string of the molecule is C#Cc1cccc(NCc2ccc(C)o2)c1. The van der Waals surface area contributed by atoms with E-state index in [4.69, 9.17) is 10.8 Å². The second kappa shape index (κ2) is 4.59. The zero-order chi connectivity index (χ0) is 11.4. The van der Waals surface area contributed by atoms with Crippen molar-refractivity contribution < 1.29 is 4.42 Å². The van der Waals surface area contributed by atoms with Gasteiger partial charge in [-0.15, -0.1) is 6.42 Å². The van der Waals surface area contributed by atoms with Gasteiger partial charge in [-0.05, 0) is 37.3 Å². The summed E-state index contributed by atoms with van der Waals surface area (Å²) in [5, 5.41) is 3.26. The highest BCUT2D eigenvalue weighted by Gasteiger charge is 1.98. The first kappa shape index (κ1) is 10.4. The zero-order valence-corrected chi connectivity index (χ0v) is 9.16. The molecular formula is C14H13NO. The highest BCUT2D eigenvalue weighted by atomic mass is 16.3. The summed E-state index contributed by atoms with van der Waals surface area (Å²) >= 11 is 0. The first-order valence-electron chi connectivity index (χ1n) is 5.14. The summed E-state index contributed by atoms with van der Waals surface area (Å²) in [5.41, 5.74) is 1.88. The Balaban J connectivity index is 2.02. The molecule has 1 heterocycles. The van der Waals surface area contributed by atoms with Gasteiger partial charge in [-0.2, -0.15) is 0 Å². The maximum Gasteiger partial charge on any atom is 0.123 e. The molecule has 0 radical (unpaired) electrons. The van der Waals surface area contributed by atoms with Crippen molar-refractivity contribution in [3.05, 3.63) is 53.5 Å². The van der Waals surface area contributed by atoms with Crippen molar-refractivity contribution >= 4 is 5.69 Å². The van der Waals surface area contributed by atoms with E-state index in [1.165, 1.54) is 0 Å². The van der Waals surface area contributed by atoms with E-state index in [0.717, 1.165) is 22.8 Å². The van der Waals surface area contributed by atoms with Crippen LogP contribution in [0.1, 0.15) is 17.1 Å². The number of furan rings is 1. The predicted octanol–water partition coefficient (Wildman–Crippen LogP) is 3.18. The number of nitrogens with one attached hydrogen (secondary N) is 1. The monoisotopic (exact) mass is 211 g/mol. The number of anilines is 1. The average Bonchev–Trinajstić information content (AvgIpc) is 2.73. The van der Waals surface area contributed by atoms with E-state index >= 15 is 0 Å². The second-order valence-corrected chi connectivity index (χ2v) is 3.59. The molecule has 0 aliphatic heterocycles. The molecule has 0 saturated heterocycles. The molecule has 0 aliphatic carbocycles. The Bertz CT molecular complexity index is 520. The van der Waals surface area contributed by atoms with Crippen LogP contribution >= 0.6 is 0 Å². The van der Waals surface area contributed by atoms with E-state index in [9.17, 15) is 0 Å². The third-order valence-corrected chi connectivity index (χ3v) is 2.29. The summed E-state index contributed by atoms with van der Waals surface area (Å²) < 4.78 is 5.46. The van der Waals surface area contributed by atoms with Crippen LogP contribution < -0.4 is 5.32 Å². The van der Waals surface area contributed by atoms with Crippen molar-refractivity contribution in [3.63, 3.8) is 0 Å². The van der Waals surface area contributed by atoms with Crippen LogP contribution in [0.2, 0.25) is 0 Å². The maximum absolute atomic E-state index is 5.46. The van der Waals surface area contributed by atoms with Gasteiger partial charge in [0, 0.05) is 11.3 Å². The first-order valence-corrected chi connectivity index (χ1v) is 5.14. The molecule has 2 rings (SSSR count). The second-order valence-electron chi connectivity index (χ2n) is 3.59. The van der Waals surface area contributed by atoms with E-state index in [1.807, 2.05) is 43.3 Å². The molecule has 0 saturated carbocycles. The fourth-order valence-electron chi connectivity index (χ4n) is 1.49. The molecule has 2 aromatic rings. The van der Waals surface area contributed by atoms with E-state index in [2.05, 4.69) is 11.2 Å². The average molecular weight is 211 g/mol. The number of terminal acetylenes is 1. The van der Waals surface area contributed by atoms with Gasteiger partial charge in [-0.1, -0.05) is 12.0 Å². The Morgan fingerprint density at radius 2 is 2.19 bits per heavy atom. The topological polar surface area (TPSA) is 25.2 Å². The van der Waals surface area contributed by atoms with Gasteiger partial charge in [-0.25, -0.2) is 0 Å². The Hall–Kier alpha value is -2.14. The normalized spacial score (nSPS) is 9.75. The van der Waals surface area contributed by atoms with Crippen LogP contribution in [0.15, 0.2) is 40.8 Å². The molecule has 16 heavy (non-hydrogen) atoms. The van der Waals surface area contributed by atoms with Crippen LogP contribution in [-0.2, 0) is 6.54 Å². The number of rotatable bonds is 3. The summed E-state index contributed by atoms with van der Waals surface area (Å²) in [5.74, 6) is 4.45. The van der Waals surface area contributed by atoms with Gasteiger partial charge in [0.25, 0.3) is 0 Å². The first-order chi connectivity index (χ1) is 7.78. The van der Waals surface area contributed by atoms with Gasteiger partial charge < -0.3 is 9.73 Å². The lowest BCUT2D eigenvalue weighted by Gasteiger charge is -2.04. The van der Waals surface area contributed by atoms with Crippen molar-refractivity contribution in [3.8, 4) is 12.3 Å². The van der Waals surface area contributed by atoms with Crippen molar-refractivity contribution in [2.75, 3.05) is 5.32 Å². The summed E-state index contributed by atoms with van der Waals surface area (Å²) in [6, 6.07) is 11.7. The minimum absolute atomic E-state index is 0.669. The van der Waals surface area contributed by atoms with Crippen LogP contribution in [0.25, 0.3) is 0 Å². The number of hydrogen-bond donors (Lipinski definition) is 1. The van der Waals surface area contributed by atoms with Crippen LogP contribution in [-0.4, -0.2) is 0 Å². The van der Waals surface area contributed by atoms with Gasteiger partial charge in [0.05, 0.1) is 6.54 Å². The fraction of sp³-hybridized carbons (Fsp3) is 0.143. The lowest BCUT2D eigenvalue weighted by atomic mass is 10.2. The minimum Gasteiger partial charge on any atom is -0.465 e. The summed E-state index contributed by atoms with van der Waals surface area (Å²) in [6.07, 6.45) is 5.33. The molecule has 1 N–H and O–H groups in total. The third-order valence-electron chi connectivity index (χ3n) is 2.29. The standard InChI is InChI=1S/C14H13NO/c1-3-12-5-4-6-13(9-12)15-10-14-8-7-11(2)16-14/h1,4-9,15H,10H2,2H3. The highest BCUT2D eigenvalue weighted by molar-refractivity contribution is 5.49. The van der Waals surface area contributed by atoms with Crippen molar-refractivity contribution in [1.82, 2.24) is 0 Å². The lowest BCUT2D eigenvalue weighted by Crippen LogP contribution is -1.97. The van der Waals surface area contributed by atoms with Gasteiger partial charge in [-0.3, -0.25) is 0 Å². The molecule has 1 aromatic heterocycles. The molecule has 80 valence electrons. The Kier molecular flexibility index (Phi) is 2.98. The van der Waals surface area contributed by atoms with Crippen molar-refractivity contribution in [1.29, 1.82) is 0 Å². The van der Waals surface area contributed by atoms with Crippen LogP contribution in [0.3, 0.4) is 0 Å². The quantitative estimate of drug-likeness (QED) is 0.789. The largest absolute Gasteiger partial charge is 0.465 e. The Morgan fingerprint density at radius 3 is 2.88 bits per heavy atom. The molecule has 0 atom stereocenters. The summed E-state index contributed by atoms with van der Waals surface area (Å²) in [7, 11) is 0. The van der Waals surface area contributed by atoms with Gasteiger partial charge in [0.1, 0.15) is 11.5 Å². The Labute approximate surface area is 95.3 Å². The molecule has 0 spiro atoms. The molecule has 0 unspecified atom stereocenters. The van der Waals surface area contributed by atoms with Crippen molar-refractivity contribution in [2.45, 2.75) is 13.5 Å². The van der Waals surface area contributed by atoms with E-state index < -0.39 is 0 Å². The van der Waals surface area contributed by atoms with Crippen LogP contribution in [0.4, 0.5) is 5.69 Å². The number of hydrogen-bond acceptors (Lipinski definition) is 2. The van der Waals surface area contributed by atoms with Gasteiger partial charge in [0.15, 0.2) is 0 Å². The fourth-order valence-corrected chi connectivity index (χ4v) is 1.49. The molecule has 0 bridgehead atoms. The number of aryl methyl sites for hydroxylation is 1. The smallest absolute Gasteiger partial charge is 0.123 e. The van der Waals surface area contributed by atoms with Gasteiger partial charge >= 0.3 is 0 Å². The van der Waals surface area contributed by atoms with Crippen LogP contribution in [0.5, 0.6) is 0 Å². The van der Waals surface area contributed by atoms with Gasteiger partial charge in [0.2, 0.25) is 0 Å². The minimum atomic E-state index is 0.669. The summed E-state index contributed by atoms with van der Waals surface area (Å²) in [6.45, 7) is 2.60. The highest BCUT2D eigenvalue weighted by Crippen LogP contribution is 2.12. The molecule has 2 heteroatoms. The van der Waals surface area contributed by atoms with Crippen molar-refractivity contribution in [2.24, 2.45) is 0 Å². The van der Waals surface area contributed by atoms with E-state index in [1.54, 1.807) is 0 Å². The third kappa shape index (κ3) is 2.46. The molecule has 0 fully saturated rings. The van der Waals surface area contributed by atoms with E-state index in [0.29, 0.717) is 6.54 Å².